The molecule has 1 aromatic heterocycles. The van der Waals surface area contributed by atoms with Gasteiger partial charge in [0.05, 0.1) is 15.9 Å². The van der Waals surface area contributed by atoms with Gasteiger partial charge in [0.2, 0.25) is 11.7 Å². The fourth-order valence-corrected chi connectivity index (χ4v) is 3.42. The van der Waals surface area contributed by atoms with Crippen molar-refractivity contribution in [3.8, 4) is 5.88 Å². The summed E-state index contributed by atoms with van der Waals surface area (Å²) in [5.74, 6) is -4.22. The first-order chi connectivity index (χ1) is 12.1. The Morgan fingerprint density at radius 2 is 1.89 bits per heavy atom. The number of rotatable bonds is 3. The van der Waals surface area contributed by atoms with Crippen molar-refractivity contribution >= 4 is 37.5 Å². The Morgan fingerprint density at radius 3 is 2.41 bits per heavy atom. The van der Waals surface area contributed by atoms with Crippen LogP contribution in [0.3, 0.4) is 0 Å². The molecule has 0 saturated carbocycles. The Labute approximate surface area is 157 Å². The Bertz CT molecular complexity index is 856. The molecule has 0 N–H and O–H groups in total. The zero-order chi connectivity index (χ0) is 20.8. The smallest absolute Gasteiger partial charge is 0.372 e. The molecular formula is C13H11BrF6N2O4S. The van der Waals surface area contributed by atoms with E-state index in [9.17, 15) is 39.6 Å². The molecule has 1 aliphatic rings. The van der Waals surface area contributed by atoms with Gasteiger partial charge in [-0.2, -0.15) is 34.8 Å². The predicted molar refractivity (Wildman–Crippen MR) is 83.7 cm³/mol. The molecule has 14 heteroatoms. The summed E-state index contributed by atoms with van der Waals surface area (Å²) in [7, 11) is -4.60. The molecule has 1 unspecified atom stereocenters. The summed E-state index contributed by atoms with van der Waals surface area (Å²) in [6.45, 7) is -0.291. The first-order valence-electron chi connectivity index (χ1n) is 7.16. The number of carbonyl (C=O) groups excluding carboxylic acids is 1. The van der Waals surface area contributed by atoms with Crippen LogP contribution in [0.25, 0.3) is 0 Å². The summed E-state index contributed by atoms with van der Waals surface area (Å²) in [6.07, 6.45) is -5.48. The predicted octanol–water partition coefficient (Wildman–Crippen LogP) is 3.20. The second kappa shape index (κ2) is 7.11. The second-order valence-electron chi connectivity index (χ2n) is 5.70. The van der Waals surface area contributed by atoms with Crippen molar-refractivity contribution in [3.05, 3.63) is 16.2 Å². The molecule has 1 aliphatic heterocycles. The molecule has 1 aromatic rings. The van der Waals surface area contributed by atoms with Gasteiger partial charge in [0, 0.05) is 19.5 Å². The van der Waals surface area contributed by atoms with Gasteiger partial charge < -0.3 is 9.08 Å². The van der Waals surface area contributed by atoms with Crippen LogP contribution in [0.1, 0.15) is 12.1 Å². The molecule has 152 valence electrons. The number of nitrogens with zero attached hydrogens (tertiary/aromatic N) is 2. The minimum absolute atomic E-state index is 0.00514. The van der Waals surface area contributed by atoms with Gasteiger partial charge >= 0.3 is 21.8 Å². The Morgan fingerprint density at radius 1 is 1.30 bits per heavy atom. The Hall–Kier alpha value is -1.57. The fourth-order valence-electron chi connectivity index (χ4n) is 2.50. The maximum Gasteiger partial charge on any atom is 0.534 e. The summed E-state index contributed by atoms with van der Waals surface area (Å²) >= 11 is 2.83. The summed E-state index contributed by atoms with van der Waals surface area (Å²) in [6, 6.07) is 1.17. The highest BCUT2D eigenvalue weighted by molar-refractivity contribution is 9.10. The molecule has 0 saturated heterocycles. The molecule has 0 aromatic carbocycles. The normalized spacial score (nSPS) is 18.7. The van der Waals surface area contributed by atoms with Crippen LogP contribution >= 0.6 is 15.9 Å². The van der Waals surface area contributed by atoms with Crippen LogP contribution in [-0.4, -0.2) is 44.5 Å². The van der Waals surface area contributed by atoms with Crippen LogP contribution in [0.2, 0.25) is 0 Å². The third-order valence-electron chi connectivity index (χ3n) is 3.76. The van der Waals surface area contributed by atoms with Gasteiger partial charge in [-0.3, -0.25) is 4.79 Å². The van der Waals surface area contributed by atoms with E-state index < -0.39 is 39.4 Å². The van der Waals surface area contributed by atoms with Gasteiger partial charge in [0.15, 0.2) is 0 Å². The summed E-state index contributed by atoms with van der Waals surface area (Å²) in [5, 5.41) is 0. The van der Waals surface area contributed by atoms with Crippen LogP contribution in [0.5, 0.6) is 5.88 Å². The number of aromatic nitrogens is 1. The van der Waals surface area contributed by atoms with Crippen molar-refractivity contribution in [2.24, 2.45) is 5.92 Å². The van der Waals surface area contributed by atoms with Gasteiger partial charge in [-0.1, -0.05) is 0 Å². The topological polar surface area (TPSA) is 76.6 Å². The largest absolute Gasteiger partial charge is 0.534 e. The van der Waals surface area contributed by atoms with Crippen LogP contribution in [0.15, 0.2) is 10.5 Å². The molecule has 0 fully saturated rings. The number of hydrogen-bond acceptors (Lipinski definition) is 6. The van der Waals surface area contributed by atoms with Gasteiger partial charge in [-0.15, -0.1) is 0 Å². The number of Topliss-reactive ketones (excluding diaryl/α,β-unsaturated/α-hetero) is 1. The van der Waals surface area contributed by atoms with E-state index in [1.54, 1.807) is 0 Å². The first kappa shape index (κ1) is 21.7. The van der Waals surface area contributed by atoms with Crippen LogP contribution in [0, 0.1) is 5.92 Å². The molecule has 2 rings (SSSR count). The highest BCUT2D eigenvalue weighted by Crippen LogP contribution is 2.37. The van der Waals surface area contributed by atoms with E-state index in [1.807, 2.05) is 0 Å². The van der Waals surface area contributed by atoms with E-state index >= 15 is 0 Å². The van der Waals surface area contributed by atoms with Gasteiger partial charge in [-0.25, -0.2) is 4.98 Å². The van der Waals surface area contributed by atoms with Crippen molar-refractivity contribution in [2.75, 3.05) is 18.5 Å². The lowest BCUT2D eigenvalue weighted by Crippen LogP contribution is -2.37. The number of aryl methyl sites for hydroxylation is 1. The van der Waals surface area contributed by atoms with Crippen LogP contribution in [0.4, 0.5) is 32.0 Å². The SMILES string of the molecule is CN1CC(C(=O)C(F)(F)F)CCc2nc(OS(=O)(=O)C(F)(F)F)c(Br)cc21. The van der Waals surface area contributed by atoms with Crippen molar-refractivity contribution < 1.29 is 43.7 Å². The van der Waals surface area contributed by atoms with Gasteiger partial charge in [0.25, 0.3) is 0 Å². The number of carbonyl (C=O) groups is 1. The number of halogens is 7. The molecule has 27 heavy (non-hydrogen) atoms. The monoisotopic (exact) mass is 484 g/mol. The molecule has 0 spiro atoms. The lowest BCUT2D eigenvalue weighted by molar-refractivity contribution is -0.175. The van der Waals surface area contributed by atoms with E-state index in [-0.39, 0.29) is 35.2 Å². The van der Waals surface area contributed by atoms with E-state index in [4.69, 9.17) is 0 Å². The second-order valence-corrected chi connectivity index (χ2v) is 8.09. The molecule has 1 atom stereocenters. The number of pyridine rings is 1. The van der Waals surface area contributed by atoms with Crippen LogP contribution < -0.4 is 9.08 Å². The third kappa shape index (κ3) is 4.65. The number of alkyl halides is 6. The molecular weight excluding hydrogens is 474 g/mol. The lowest BCUT2D eigenvalue weighted by Gasteiger charge is -2.23. The number of hydrogen-bond donors (Lipinski definition) is 0. The van der Waals surface area contributed by atoms with E-state index in [2.05, 4.69) is 25.1 Å². The molecule has 0 aliphatic carbocycles. The van der Waals surface area contributed by atoms with Crippen molar-refractivity contribution in [1.82, 2.24) is 4.98 Å². The molecule has 0 radical (unpaired) electrons. The highest BCUT2D eigenvalue weighted by Gasteiger charge is 2.49. The fraction of sp³-hybridized carbons (Fsp3) is 0.538. The average molecular weight is 485 g/mol. The van der Waals surface area contributed by atoms with Gasteiger partial charge in [-0.05, 0) is 34.8 Å². The van der Waals surface area contributed by atoms with E-state index in [0.29, 0.717) is 0 Å². The minimum atomic E-state index is -5.98. The summed E-state index contributed by atoms with van der Waals surface area (Å²) in [5.41, 5.74) is -5.44. The molecule has 0 amide bonds. The highest BCUT2D eigenvalue weighted by atomic mass is 79.9. The number of anilines is 1. The average Bonchev–Trinajstić information content (AvgIpc) is 2.64. The Kier molecular flexibility index (Phi) is 5.72. The zero-order valence-corrected chi connectivity index (χ0v) is 15.8. The van der Waals surface area contributed by atoms with E-state index in [0.717, 1.165) is 0 Å². The summed E-state index contributed by atoms with van der Waals surface area (Å²) in [4.78, 5) is 16.5. The zero-order valence-electron chi connectivity index (χ0n) is 13.4. The first-order valence-corrected chi connectivity index (χ1v) is 9.36. The van der Waals surface area contributed by atoms with Crippen molar-refractivity contribution in [3.63, 3.8) is 0 Å². The van der Waals surface area contributed by atoms with Crippen LogP contribution in [-0.2, 0) is 21.3 Å². The quantitative estimate of drug-likeness (QED) is 0.372. The minimum Gasteiger partial charge on any atom is -0.372 e. The van der Waals surface area contributed by atoms with Crippen molar-refractivity contribution in [2.45, 2.75) is 24.5 Å². The summed E-state index contributed by atoms with van der Waals surface area (Å²) < 4.78 is 101. The Balaban J connectivity index is 2.36. The molecule has 2 heterocycles. The number of fused-ring (bicyclic) bond motifs is 1. The third-order valence-corrected chi connectivity index (χ3v) is 5.27. The standard InChI is InChI=1S/C13H11BrF6N2O4S/c1-22-5-6(10(23)12(15,16)17)2-3-8-9(22)4-7(14)11(21-8)26-27(24,25)13(18,19)20/h4,6H,2-3,5H2,1H3. The molecule has 0 bridgehead atoms. The van der Waals surface area contributed by atoms with E-state index in [1.165, 1.54) is 18.0 Å². The number of ketones is 1. The molecule has 6 nitrogen and oxygen atoms in total. The lowest BCUT2D eigenvalue weighted by atomic mass is 9.98. The van der Waals surface area contributed by atoms with Gasteiger partial charge in [0.1, 0.15) is 0 Å². The maximum atomic E-state index is 12.7. The van der Waals surface area contributed by atoms with Crippen molar-refractivity contribution in [1.29, 1.82) is 0 Å². The maximum absolute atomic E-state index is 12.7.